The van der Waals surface area contributed by atoms with Gasteiger partial charge in [-0.2, -0.15) is 0 Å². The Morgan fingerprint density at radius 3 is 2.47 bits per heavy atom. The fourth-order valence-corrected chi connectivity index (χ4v) is 1.44. The number of carbonyl (C=O) groups is 1. The van der Waals surface area contributed by atoms with Gasteiger partial charge < -0.3 is 10.2 Å². The van der Waals surface area contributed by atoms with Crippen LogP contribution in [0.3, 0.4) is 0 Å². The highest BCUT2D eigenvalue weighted by Gasteiger charge is 2.18. The van der Waals surface area contributed by atoms with Crippen molar-refractivity contribution in [1.29, 1.82) is 0 Å². The van der Waals surface area contributed by atoms with Crippen molar-refractivity contribution in [3.05, 3.63) is 34.4 Å². The molecular weight excluding hydrogens is 198 g/mol. The second-order valence-electron chi connectivity index (χ2n) is 3.23. The fourth-order valence-electron chi connectivity index (χ4n) is 1.44. The summed E-state index contributed by atoms with van der Waals surface area (Å²) in [5.41, 5.74) is 0.858. The van der Waals surface area contributed by atoms with Crippen LogP contribution < -0.4 is 10.2 Å². The summed E-state index contributed by atoms with van der Waals surface area (Å²) in [6.07, 6.45) is 0. The summed E-state index contributed by atoms with van der Waals surface area (Å²) < 4.78 is 0. The molecule has 0 saturated carbocycles. The largest absolute Gasteiger partial charge is 0.345 e. The molecule has 1 aromatic carbocycles. The van der Waals surface area contributed by atoms with Crippen LogP contribution in [-0.4, -0.2) is 24.0 Å². The molecule has 1 saturated heterocycles. The van der Waals surface area contributed by atoms with Gasteiger partial charge in [-0.05, 0) is 12.1 Å². The number of benzene rings is 1. The van der Waals surface area contributed by atoms with Crippen LogP contribution in [0.4, 0.5) is 11.4 Å². The van der Waals surface area contributed by atoms with Gasteiger partial charge in [0, 0.05) is 17.8 Å². The predicted molar refractivity (Wildman–Crippen MR) is 53.5 cm³/mol. The van der Waals surface area contributed by atoms with Crippen LogP contribution in [0, 0.1) is 10.1 Å². The Balaban J connectivity index is 2.17. The number of non-ortho nitro benzene ring substituents is 1. The number of nitro groups is 1. The van der Waals surface area contributed by atoms with Gasteiger partial charge in [0.25, 0.3) is 5.69 Å². The molecule has 0 unspecified atom stereocenters. The number of carbonyl (C=O) groups excluding carboxylic acids is 1. The van der Waals surface area contributed by atoms with Crippen molar-refractivity contribution >= 4 is 17.3 Å². The van der Waals surface area contributed by atoms with E-state index in [0.29, 0.717) is 13.2 Å². The third kappa shape index (κ3) is 1.88. The average molecular weight is 207 g/mol. The lowest BCUT2D eigenvalue weighted by molar-refractivity contribution is -0.384. The maximum absolute atomic E-state index is 10.9. The molecule has 0 bridgehead atoms. The Morgan fingerprint density at radius 1 is 1.33 bits per heavy atom. The standard InChI is InChI=1S/C9H9N3O3/c13-9-5-11(6-10-9)7-1-3-8(4-2-7)12(14)15/h1-4H,5-6H2,(H,10,13). The molecule has 1 heterocycles. The summed E-state index contributed by atoms with van der Waals surface area (Å²) in [4.78, 5) is 22.7. The van der Waals surface area contributed by atoms with Crippen molar-refractivity contribution < 1.29 is 9.72 Å². The van der Waals surface area contributed by atoms with E-state index in [9.17, 15) is 14.9 Å². The van der Waals surface area contributed by atoms with E-state index in [2.05, 4.69) is 5.32 Å². The summed E-state index contributed by atoms with van der Waals surface area (Å²) in [5.74, 6) is -0.0339. The highest BCUT2D eigenvalue weighted by atomic mass is 16.6. The second kappa shape index (κ2) is 3.56. The summed E-state index contributed by atoms with van der Waals surface area (Å²) in [6, 6.07) is 6.13. The minimum absolute atomic E-state index is 0.0339. The van der Waals surface area contributed by atoms with Crippen molar-refractivity contribution in [2.75, 3.05) is 18.1 Å². The number of nitrogens with one attached hydrogen (secondary N) is 1. The Labute approximate surface area is 85.6 Å². The number of rotatable bonds is 2. The Kier molecular flexibility index (Phi) is 2.24. The molecule has 2 rings (SSSR count). The minimum atomic E-state index is -0.447. The molecule has 1 aromatic rings. The zero-order valence-corrected chi connectivity index (χ0v) is 7.84. The second-order valence-corrected chi connectivity index (χ2v) is 3.23. The van der Waals surface area contributed by atoms with Crippen LogP contribution in [0.1, 0.15) is 0 Å². The van der Waals surface area contributed by atoms with Gasteiger partial charge in [0.1, 0.15) is 0 Å². The topological polar surface area (TPSA) is 75.5 Å². The molecule has 0 spiro atoms. The zero-order valence-electron chi connectivity index (χ0n) is 7.84. The van der Waals surface area contributed by atoms with Crippen molar-refractivity contribution in [3.8, 4) is 0 Å². The van der Waals surface area contributed by atoms with Gasteiger partial charge in [-0.15, -0.1) is 0 Å². The average Bonchev–Trinajstić information content (AvgIpc) is 2.65. The first-order valence-corrected chi connectivity index (χ1v) is 4.43. The van der Waals surface area contributed by atoms with Gasteiger partial charge in [0.15, 0.2) is 0 Å². The van der Waals surface area contributed by atoms with Gasteiger partial charge in [0.05, 0.1) is 18.1 Å². The minimum Gasteiger partial charge on any atom is -0.345 e. The summed E-state index contributed by atoms with van der Waals surface area (Å²) in [7, 11) is 0. The Morgan fingerprint density at radius 2 is 2.00 bits per heavy atom. The number of nitro benzene ring substituents is 1. The van der Waals surface area contributed by atoms with Crippen LogP contribution >= 0.6 is 0 Å². The molecule has 1 amide bonds. The zero-order chi connectivity index (χ0) is 10.8. The van der Waals surface area contributed by atoms with E-state index >= 15 is 0 Å². The highest BCUT2D eigenvalue weighted by molar-refractivity contribution is 5.84. The predicted octanol–water partition coefficient (Wildman–Crippen LogP) is 0.488. The fraction of sp³-hybridized carbons (Fsp3) is 0.222. The molecular formula is C9H9N3O3. The van der Waals surface area contributed by atoms with E-state index in [4.69, 9.17) is 0 Å². The Bertz CT molecular complexity index is 402. The molecule has 1 aliphatic rings. The molecule has 78 valence electrons. The maximum atomic E-state index is 10.9. The molecule has 0 radical (unpaired) electrons. The van der Waals surface area contributed by atoms with E-state index in [1.807, 2.05) is 4.90 Å². The molecule has 0 aromatic heterocycles. The molecule has 6 heteroatoms. The lowest BCUT2D eigenvalue weighted by atomic mass is 10.2. The SMILES string of the molecule is O=C1CN(c2ccc([N+](=O)[O-])cc2)CN1. The van der Waals surface area contributed by atoms with E-state index in [1.54, 1.807) is 12.1 Å². The molecule has 1 N–H and O–H groups in total. The van der Waals surface area contributed by atoms with Crippen LogP contribution in [0.5, 0.6) is 0 Å². The van der Waals surface area contributed by atoms with Crippen LogP contribution in [0.25, 0.3) is 0 Å². The first-order chi connectivity index (χ1) is 7.16. The quantitative estimate of drug-likeness (QED) is 0.565. The molecule has 1 fully saturated rings. The molecule has 0 aliphatic carbocycles. The van der Waals surface area contributed by atoms with E-state index in [-0.39, 0.29) is 11.6 Å². The normalized spacial score (nSPS) is 15.2. The monoisotopic (exact) mass is 207 g/mol. The first-order valence-electron chi connectivity index (χ1n) is 4.43. The number of amides is 1. The van der Waals surface area contributed by atoms with Gasteiger partial charge in [-0.25, -0.2) is 0 Å². The lowest BCUT2D eigenvalue weighted by Crippen LogP contribution is -2.20. The third-order valence-electron chi connectivity index (χ3n) is 2.23. The molecule has 15 heavy (non-hydrogen) atoms. The van der Waals surface area contributed by atoms with Gasteiger partial charge in [-0.3, -0.25) is 14.9 Å². The van der Waals surface area contributed by atoms with Gasteiger partial charge in [-0.1, -0.05) is 0 Å². The van der Waals surface area contributed by atoms with Crippen molar-refractivity contribution in [2.24, 2.45) is 0 Å². The lowest BCUT2D eigenvalue weighted by Gasteiger charge is -2.14. The molecule has 1 aliphatic heterocycles. The van der Waals surface area contributed by atoms with Crippen molar-refractivity contribution in [1.82, 2.24) is 5.32 Å². The molecule has 0 atom stereocenters. The first kappa shape index (κ1) is 9.45. The van der Waals surface area contributed by atoms with Gasteiger partial charge in [0.2, 0.25) is 5.91 Å². The van der Waals surface area contributed by atoms with E-state index < -0.39 is 4.92 Å². The number of nitrogens with zero attached hydrogens (tertiary/aromatic N) is 2. The van der Waals surface area contributed by atoms with Gasteiger partial charge >= 0.3 is 0 Å². The smallest absolute Gasteiger partial charge is 0.269 e. The number of hydrogen-bond donors (Lipinski definition) is 1. The van der Waals surface area contributed by atoms with Crippen LogP contribution in [0.15, 0.2) is 24.3 Å². The highest BCUT2D eigenvalue weighted by Crippen LogP contribution is 2.19. The summed E-state index contributed by atoms with van der Waals surface area (Å²) in [6.45, 7) is 0.758. The third-order valence-corrected chi connectivity index (χ3v) is 2.23. The maximum Gasteiger partial charge on any atom is 0.269 e. The molecule has 6 nitrogen and oxygen atoms in total. The summed E-state index contributed by atoms with van der Waals surface area (Å²) >= 11 is 0. The summed E-state index contributed by atoms with van der Waals surface area (Å²) in [5, 5.41) is 13.1. The van der Waals surface area contributed by atoms with E-state index in [1.165, 1.54) is 12.1 Å². The van der Waals surface area contributed by atoms with Crippen molar-refractivity contribution in [2.45, 2.75) is 0 Å². The van der Waals surface area contributed by atoms with E-state index in [0.717, 1.165) is 5.69 Å². The van der Waals surface area contributed by atoms with Crippen LogP contribution in [0.2, 0.25) is 0 Å². The number of anilines is 1. The number of hydrogen-bond acceptors (Lipinski definition) is 4. The van der Waals surface area contributed by atoms with Crippen molar-refractivity contribution in [3.63, 3.8) is 0 Å². The Hall–Kier alpha value is -2.11. The van der Waals surface area contributed by atoms with Crippen LogP contribution in [-0.2, 0) is 4.79 Å².